The number of carbonyl (C=O) groups excluding carboxylic acids is 1. The molecule has 1 aromatic rings. The third-order valence-electron chi connectivity index (χ3n) is 6.43. The fraction of sp³-hybridized carbons (Fsp3) is 0.682. The minimum absolute atomic E-state index is 0.0142. The standard InChI is InChI=1S/C22H32FN3OS/c23-18-5-6-21-19(15-18)20(9-14-28-21)24-22(27)26-12-7-17(8-13-26)16-25-10-3-1-2-4-11-25/h5-6,15,17,20H,1-4,7-14,16H2,(H,24,27)/t20-/m1/s1. The van der Waals surface area contributed by atoms with E-state index in [1.54, 1.807) is 17.8 Å². The van der Waals surface area contributed by atoms with Crippen molar-refractivity contribution < 1.29 is 9.18 Å². The number of urea groups is 1. The first-order valence-electron chi connectivity index (χ1n) is 10.9. The van der Waals surface area contributed by atoms with Gasteiger partial charge in [0, 0.05) is 30.3 Å². The highest BCUT2D eigenvalue weighted by Gasteiger charge is 2.28. The number of carbonyl (C=O) groups is 1. The lowest BCUT2D eigenvalue weighted by molar-refractivity contribution is 0.145. The molecule has 28 heavy (non-hydrogen) atoms. The molecule has 3 aliphatic rings. The average Bonchev–Trinajstić information content (AvgIpc) is 2.98. The molecule has 0 aliphatic carbocycles. The molecule has 1 N–H and O–H groups in total. The molecule has 2 fully saturated rings. The number of piperidine rings is 1. The number of fused-ring (bicyclic) bond motifs is 1. The number of hydrogen-bond acceptors (Lipinski definition) is 3. The van der Waals surface area contributed by atoms with Gasteiger partial charge in [-0.2, -0.15) is 0 Å². The van der Waals surface area contributed by atoms with Gasteiger partial charge in [0.1, 0.15) is 5.82 Å². The minimum Gasteiger partial charge on any atom is -0.331 e. The smallest absolute Gasteiger partial charge is 0.317 e. The zero-order chi connectivity index (χ0) is 19.3. The fourth-order valence-electron chi connectivity index (χ4n) is 4.76. The zero-order valence-corrected chi connectivity index (χ0v) is 17.5. The Bertz CT molecular complexity index is 670. The van der Waals surface area contributed by atoms with E-state index in [9.17, 15) is 9.18 Å². The summed E-state index contributed by atoms with van der Waals surface area (Å²) < 4.78 is 13.7. The van der Waals surface area contributed by atoms with Crippen LogP contribution in [0, 0.1) is 11.7 Å². The predicted octanol–water partition coefficient (Wildman–Crippen LogP) is 4.66. The van der Waals surface area contributed by atoms with E-state index in [1.807, 2.05) is 11.0 Å². The average molecular weight is 406 g/mol. The van der Waals surface area contributed by atoms with Crippen LogP contribution < -0.4 is 5.32 Å². The number of likely N-dealkylation sites (tertiary alicyclic amines) is 2. The van der Waals surface area contributed by atoms with Crippen molar-refractivity contribution in [1.29, 1.82) is 0 Å². The van der Waals surface area contributed by atoms with Crippen LogP contribution in [0.5, 0.6) is 0 Å². The van der Waals surface area contributed by atoms with Crippen molar-refractivity contribution in [1.82, 2.24) is 15.1 Å². The minimum atomic E-state index is -0.227. The molecule has 0 saturated carbocycles. The van der Waals surface area contributed by atoms with Crippen molar-refractivity contribution in [2.24, 2.45) is 5.92 Å². The Kier molecular flexibility index (Phi) is 6.78. The third kappa shape index (κ3) is 5.01. The van der Waals surface area contributed by atoms with Crippen LogP contribution in [-0.2, 0) is 0 Å². The summed E-state index contributed by atoms with van der Waals surface area (Å²) in [5.74, 6) is 1.44. The number of nitrogens with one attached hydrogen (secondary N) is 1. The zero-order valence-electron chi connectivity index (χ0n) is 16.7. The second-order valence-electron chi connectivity index (χ2n) is 8.47. The molecule has 0 bridgehead atoms. The maximum absolute atomic E-state index is 13.7. The molecule has 1 atom stereocenters. The van der Waals surface area contributed by atoms with Crippen molar-refractivity contribution in [3.63, 3.8) is 0 Å². The van der Waals surface area contributed by atoms with Crippen molar-refractivity contribution >= 4 is 17.8 Å². The van der Waals surface area contributed by atoms with Gasteiger partial charge in [-0.05, 0) is 74.9 Å². The van der Waals surface area contributed by atoms with E-state index in [4.69, 9.17) is 0 Å². The maximum atomic E-state index is 13.7. The molecule has 0 unspecified atom stereocenters. The maximum Gasteiger partial charge on any atom is 0.317 e. The lowest BCUT2D eigenvalue weighted by Crippen LogP contribution is -2.47. The molecule has 2 amide bonds. The SMILES string of the molecule is O=C(N[C@@H]1CCSc2ccc(F)cc21)N1CCC(CN2CCCCCC2)CC1. The number of hydrogen-bond donors (Lipinski definition) is 1. The van der Waals surface area contributed by atoms with E-state index in [-0.39, 0.29) is 17.9 Å². The van der Waals surface area contributed by atoms with Crippen molar-refractivity contribution in [2.75, 3.05) is 38.5 Å². The summed E-state index contributed by atoms with van der Waals surface area (Å²) in [5.41, 5.74) is 0.931. The summed E-state index contributed by atoms with van der Waals surface area (Å²) in [5, 5.41) is 3.17. The number of amides is 2. The third-order valence-corrected chi connectivity index (χ3v) is 7.55. The lowest BCUT2D eigenvalue weighted by Gasteiger charge is -2.36. The van der Waals surface area contributed by atoms with Crippen LogP contribution in [0.2, 0.25) is 0 Å². The number of benzene rings is 1. The summed E-state index contributed by atoms with van der Waals surface area (Å²) in [6.45, 7) is 5.36. The quantitative estimate of drug-likeness (QED) is 0.794. The van der Waals surface area contributed by atoms with Crippen LogP contribution in [0.3, 0.4) is 0 Å². The number of thioether (sulfide) groups is 1. The highest BCUT2D eigenvalue weighted by molar-refractivity contribution is 7.99. The predicted molar refractivity (Wildman–Crippen MR) is 112 cm³/mol. The number of nitrogens with zero attached hydrogens (tertiary/aromatic N) is 2. The molecule has 0 radical (unpaired) electrons. The summed E-state index contributed by atoms with van der Waals surface area (Å²) in [4.78, 5) is 18.5. The Hall–Kier alpha value is -1.27. The van der Waals surface area contributed by atoms with Gasteiger partial charge < -0.3 is 15.1 Å². The van der Waals surface area contributed by atoms with Crippen LogP contribution in [0.1, 0.15) is 56.6 Å². The first-order valence-corrected chi connectivity index (χ1v) is 11.9. The summed E-state index contributed by atoms with van der Waals surface area (Å²) in [6, 6.07) is 4.86. The highest BCUT2D eigenvalue weighted by atomic mass is 32.2. The second kappa shape index (κ2) is 9.49. The molecule has 3 heterocycles. The van der Waals surface area contributed by atoms with E-state index in [0.29, 0.717) is 5.92 Å². The van der Waals surface area contributed by atoms with E-state index < -0.39 is 0 Å². The van der Waals surface area contributed by atoms with E-state index in [1.165, 1.54) is 51.4 Å². The van der Waals surface area contributed by atoms with E-state index >= 15 is 0 Å². The Labute approximate surface area is 172 Å². The molecule has 2 saturated heterocycles. The van der Waals surface area contributed by atoms with Gasteiger partial charge >= 0.3 is 6.03 Å². The largest absolute Gasteiger partial charge is 0.331 e. The van der Waals surface area contributed by atoms with Gasteiger partial charge in [0.25, 0.3) is 0 Å². The molecule has 6 heteroatoms. The molecule has 4 rings (SSSR count). The molecular formula is C22H32FN3OS. The highest BCUT2D eigenvalue weighted by Crippen LogP contribution is 2.36. The normalized spacial score (nSPS) is 24.5. The first kappa shape index (κ1) is 20.0. The Morgan fingerprint density at radius 2 is 1.82 bits per heavy atom. The number of halogens is 1. The van der Waals surface area contributed by atoms with Crippen LogP contribution in [0.25, 0.3) is 0 Å². The summed E-state index contributed by atoms with van der Waals surface area (Å²) >= 11 is 1.75. The Morgan fingerprint density at radius 1 is 1.07 bits per heavy atom. The Balaban J connectivity index is 1.27. The van der Waals surface area contributed by atoms with Crippen LogP contribution in [0.15, 0.2) is 23.1 Å². The number of rotatable bonds is 3. The van der Waals surface area contributed by atoms with Gasteiger partial charge in [0.2, 0.25) is 0 Å². The van der Waals surface area contributed by atoms with Crippen LogP contribution >= 0.6 is 11.8 Å². The van der Waals surface area contributed by atoms with Gasteiger partial charge in [0.15, 0.2) is 0 Å². The van der Waals surface area contributed by atoms with Gasteiger partial charge in [0.05, 0.1) is 6.04 Å². The van der Waals surface area contributed by atoms with Crippen molar-refractivity contribution in [3.05, 3.63) is 29.6 Å². The van der Waals surface area contributed by atoms with Crippen LogP contribution in [0.4, 0.5) is 9.18 Å². The second-order valence-corrected chi connectivity index (χ2v) is 9.60. The summed E-state index contributed by atoms with van der Waals surface area (Å²) in [6.07, 6.45) is 8.47. The fourth-order valence-corrected chi connectivity index (χ4v) is 5.86. The molecule has 4 nitrogen and oxygen atoms in total. The molecule has 0 aromatic heterocycles. The molecule has 1 aromatic carbocycles. The van der Waals surface area contributed by atoms with Gasteiger partial charge in [-0.3, -0.25) is 0 Å². The van der Waals surface area contributed by atoms with Crippen molar-refractivity contribution in [2.45, 2.75) is 55.9 Å². The molecule has 0 spiro atoms. The monoisotopic (exact) mass is 405 g/mol. The van der Waals surface area contributed by atoms with Gasteiger partial charge in [-0.1, -0.05) is 12.8 Å². The molecule has 154 valence electrons. The first-order chi connectivity index (χ1) is 13.7. The molecule has 3 aliphatic heterocycles. The molecular weight excluding hydrogens is 373 g/mol. The van der Waals surface area contributed by atoms with Gasteiger partial charge in [-0.25, -0.2) is 9.18 Å². The topological polar surface area (TPSA) is 35.6 Å². The van der Waals surface area contributed by atoms with Crippen molar-refractivity contribution in [3.8, 4) is 0 Å². The van der Waals surface area contributed by atoms with Gasteiger partial charge in [-0.15, -0.1) is 11.8 Å². The summed E-state index contributed by atoms with van der Waals surface area (Å²) in [7, 11) is 0. The Morgan fingerprint density at radius 3 is 2.57 bits per heavy atom. The lowest BCUT2D eigenvalue weighted by atomic mass is 9.96. The van der Waals surface area contributed by atoms with E-state index in [0.717, 1.165) is 48.6 Å². The van der Waals surface area contributed by atoms with E-state index in [2.05, 4.69) is 10.2 Å². The van der Waals surface area contributed by atoms with Crippen LogP contribution in [-0.4, -0.2) is 54.3 Å².